The fourth-order valence-electron chi connectivity index (χ4n) is 2.44. The largest absolute Gasteiger partial charge is 0.369 e. The van der Waals surface area contributed by atoms with Crippen LogP contribution in [-0.2, 0) is 4.79 Å². The number of halogens is 2. The second-order valence-corrected chi connectivity index (χ2v) is 6.88. The Morgan fingerprint density at radius 1 is 1.30 bits per heavy atom. The first-order valence-corrected chi connectivity index (χ1v) is 8.04. The SMILES string of the molecule is CC1CCC(C(N)=O)CN1C(=O)c1ccc(Br)cc1Br. The van der Waals surface area contributed by atoms with E-state index in [4.69, 9.17) is 5.73 Å². The molecule has 4 nitrogen and oxygen atoms in total. The van der Waals surface area contributed by atoms with Crippen LogP contribution in [0.3, 0.4) is 0 Å². The number of piperidine rings is 1. The van der Waals surface area contributed by atoms with Crippen LogP contribution in [0.4, 0.5) is 0 Å². The molecule has 1 aliphatic heterocycles. The van der Waals surface area contributed by atoms with Crippen molar-refractivity contribution in [3.05, 3.63) is 32.7 Å². The van der Waals surface area contributed by atoms with Crippen molar-refractivity contribution < 1.29 is 9.59 Å². The number of hydrogen-bond acceptors (Lipinski definition) is 2. The van der Waals surface area contributed by atoms with Crippen molar-refractivity contribution in [1.82, 2.24) is 4.90 Å². The molecule has 0 bridgehead atoms. The molecule has 1 aliphatic rings. The maximum atomic E-state index is 12.6. The van der Waals surface area contributed by atoms with Gasteiger partial charge in [0, 0.05) is 21.5 Å². The summed E-state index contributed by atoms with van der Waals surface area (Å²) in [5, 5.41) is 0. The number of carbonyl (C=O) groups excluding carboxylic acids is 2. The first-order valence-electron chi connectivity index (χ1n) is 6.45. The van der Waals surface area contributed by atoms with Crippen molar-refractivity contribution in [3.8, 4) is 0 Å². The first kappa shape index (κ1) is 15.5. The summed E-state index contributed by atoms with van der Waals surface area (Å²) in [6.07, 6.45) is 1.55. The minimum Gasteiger partial charge on any atom is -0.369 e. The highest BCUT2D eigenvalue weighted by molar-refractivity contribution is 9.11. The summed E-state index contributed by atoms with van der Waals surface area (Å²) in [7, 11) is 0. The van der Waals surface area contributed by atoms with Gasteiger partial charge in [-0.15, -0.1) is 0 Å². The van der Waals surface area contributed by atoms with Crippen LogP contribution in [-0.4, -0.2) is 29.3 Å². The number of rotatable bonds is 2. The molecule has 2 unspecified atom stereocenters. The Bertz CT molecular complexity index is 548. The van der Waals surface area contributed by atoms with E-state index in [1.165, 1.54) is 0 Å². The zero-order chi connectivity index (χ0) is 14.9. The van der Waals surface area contributed by atoms with Gasteiger partial charge in [-0.3, -0.25) is 9.59 Å². The number of nitrogens with two attached hydrogens (primary N) is 1. The summed E-state index contributed by atoms with van der Waals surface area (Å²) in [6, 6.07) is 5.57. The number of amides is 2. The van der Waals surface area contributed by atoms with Crippen LogP contribution in [0, 0.1) is 5.92 Å². The summed E-state index contributed by atoms with van der Waals surface area (Å²) >= 11 is 6.77. The minimum atomic E-state index is -0.329. The Morgan fingerprint density at radius 3 is 2.60 bits per heavy atom. The van der Waals surface area contributed by atoms with E-state index in [0.29, 0.717) is 12.1 Å². The lowest BCUT2D eigenvalue weighted by Crippen LogP contribution is -2.48. The smallest absolute Gasteiger partial charge is 0.255 e. The molecule has 6 heteroatoms. The van der Waals surface area contributed by atoms with Gasteiger partial charge < -0.3 is 10.6 Å². The van der Waals surface area contributed by atoms with Crippen molar-refractivity contribution in [2.45, 2.75) is 25.8 Å². The molecule has 0 spiro atoms. The van der Waals surface area contributed by atoms with E-state index in [1.54, 1.807) is 11.0 Å². The Morgan fingerprint density at radius 2 is 2.00 bits per heavy atom. The average Bonchev–Trinajstić information content (AvgIpc) is 2.38. The molecule has 1 aromatic carbocycles. The summed E-state index contributed by atoms with van der Waals surface area (Å²) in [5.41, 5.74) is 5.97. The maximum absolute atomic E-state index is 12.6. The minimum absolute atomic E-state index is 0.0668. The normalized spacial score (nSPS) is 22.6. The zero-order valence-electron chi connectivity index (χ0n) is 11.1. The molecule has 0 aliphatic carbocycles. The monoisotopic (exact) mass is 402 g/mol. The summed E-state index contributed by atoms with van der Waals surface area (Å²) in [4.78, 5) is 25.7. The number of benzene rings is 1. The van der Waals surface area contributed by atoms with Crippen LogP contribution in [0.1, 0.15) is 30.1 Å². The van der Waals surface area contributed by atoms with Crippen molar-refractivity contribution in [2.24, 2.45) is 11.7 Å². The Hall–Kier alpha value is -0.880. The summed E-state index contributed by atoms with van der Waals surface area (Å²) in [6.45, 7) is 2.40. The van der Waals surface area contributed by atoms with Gasteiger partial charge in [0.15, 0.2) is 0 Å². The number of nitrogens with zero attached hydrogens (tertiary/aromatic N) is 1. The van der Waals surface area contributed by atoms with Crippen molar-refractivity contribution in [3.63, 3.8) is 0 Å². The average molecular weight is 404 g/mol. The van der Waals surface area contributed by atoms with Crippen molar-refractivity contribution >= 4 is 43.7 Å². The molecule has 2 N–H and O–H groups in total. The molecular formula is C14H16Br2N2O2. The third kappa shape index (κ3) is 3.23. The lowest BCUT2D eigenvalue weighted by Gasteiger charge is -2.37. The van der Waals surface area contributed by atoms with Crippen molar-refractivity contribution in [2.75, 3.05) is 6.54 Å². The van der Waals surface area contributed by atoms with Crippen LogP contribution < -0.4 is 5.73 Å². The number of carbonyl (C=O) groups is 2. The van der Waals surface area contributed by atoms with E-state index in [2.05, 4.69) is 31.9 Å². The first-order chi connectivity index (χ1) is 9.40. The molecule has 1 aromatic rings. The Kier molecular flexibility index (Phi) is 4.86. The van der Waals surface area contributed by atoms with Crippen LogP contribution in [0.5, 0.6) is 0 Å². The zero-order valence-corrected chi connectivity index (χ0v) is 14.3. The van der Waals surface area contributed by atoms with E-state index in [9.17, 15) is 9.59 Å². The van der Waals surface area contributed by atoms with Gasteiger partial charge in [-0.2, -0.15) is 0 Å². The van der Waals surface area contributed by atoms with Gasteiger partial charge in [-0.25, -0.2) is 0 Å². The van der Waals surface area contributed by atoms with Crippen LogP contribution in [0.2, 0.25) is 0 Å². The molecule has 2 atom stereocenters. The molecule has 0 radical (unpaired) electrons. The van der Waals surface area contributed by atoms with Crippen LogP contribution in [0.15, 0.2) is 27.1 Å². The second-order valence-electron chi connectivity index (χ2n) is 5.11. The second kappa shape index (κ2) is 6.26. The molecule has 1 saturated heterocycles. The lowest BCUT2D eigenvalue weighted by atomic mass is 9.92. The maximum Gasteiger partial charge on any atom is 0.255 e. The number of hydrogen-bond donors (Lipinski definition) is 1. The highest BCUT2D eigenvalue weighted by Gasteiger charge is 2.32. The van der Waals surface area contributed by atoms with Gasteiger partial charge >= 0.3 is 0 Å². The molecule has 0 saturated carbocycles. The predicted molar refractivity (Wildman–Crippen MR) is 84.3 cm³/mol. The van der Waals surface area contributed by atoms with Crippen LogP contribution >= 0.6 is 31.9 Å². The Labute approximate surface area is 135 Å². The van der Waals surface area contributed by atoms with Gasteiger partial charge in [-0.1, -0.05) is 15.9 Å². The van der Waals surface area contributed by atoms with Gasteiger partial charge in [0.25, 0.3) is 5.91 Å². The topological polar surface area (TPSA) is 63.4 Å². The molecule has 1 heterocycles. The lowest BCUT2D eigenvalue weighted by molar-refractivity contribution is -0.123. The van der Waals surface area contributed by atoms with Crippen LogP contribution in [0.25, 0.3) is 0 Å². The number of likely N-dealkylation sites (tertiary alicyclic amines) is 1. The van der Waals surface area contributed by atoms with E-state index >= 15 is 0 Å². The van der Waals surface area contributed by atoms with Gasteiger partial charge in [0.2, 0.25) is 5.91 Å². The molecule has 2 rings (SSSR count). The molecular weight excluding hydrogens is 388 g/mol. The number of primary amides is 1. The predicted octanol–water partition coefficient (Wildman–Crippen LogP) is 2.94. The van der Waals surface area contributed by atoms with E-state index in [-0.39, 0.29) is 23.8 Å². The Balaban J connectivity index is 2.24. The molecule has 20 heavy (non-hydrogen) atoms. The van der Waals surface area contributed by atoms with E-state index in [1.807, 2.05) is 19.1 Å². The molecule has 0 aromatic heterocycles. The summed E-state index contributed by atoms with van der Waals surface area (Å²) < 4.78 is 1.65. The third-order valence-corrected chi connectivity index (χ3v) is 4.86. The molecule has 2 amide bonds. The van der Waals surface area contributed by atoms with E-state index < -0.39 is 0 Å². The third-order valence-electron chi connectivity index (χ3n) is 3.71. The van der Waals surface area contributed by atoms with Crippen molar-refractivity contribution in [1.29, 1.82) is 0 Å². The van der Waals surface area contributed by atoms with Gasteiger partial charge in [-0.05, 0) is 53.9 Å². The standard InChI is InChI=1S/C14H16Br2N2O2/c1-8-2-3-9(13(17)19)7-18(8)14(20)11-5-4-10(15)6-12(11)16/h4-6,8-9H,2-3,7H2,1H3,(H2,17,19). The fraction of sp³-hybridized carbons (Fsp3) is 0.429. The quantitative estimate of drug-likeness (QED) is 0.824. The van der Waals surface area contributed by atoms with E-state index in [0.717, 1.165) is 21.8 Å². The van der Waals surface area contributed by atoms with Gasteiger partial charge in [0.05, 0.1) is 11.5 Å². The highest BCUT2D eigenvalue weighted by Crippen LogP contribution is 2.27. The fourth-order valence-corrected chi connectivity index (χ4v) is 3.66. The van der Waals surface area contributed by atoms with Gasteiger partial charge in [0.1, 0.15) is 0 Å². The molecule has 1 fully saturated rings. The molecule has 108 valence electrons. The summed E-state index contributed by atoms with van der Waals surface area (Å²) in [5.74, 6) is -0.642. The highest BCUT2D eigenvalue weighted by atomic mass is 79.9.